The van der Waals surface area contributed by atoms with Crippen LogP contribution in [0.1, 0.15) is 24.2 Å². The molecule has 9 heteroatoms. The molecule has 126 valence electrons. The van der Waals surface area contributed by atoms with Crippen LogP contribution in [0.2, 0.25) is 0 Å². The van der Waals surface area contributed by atoms with Gasteiger partial charge in [-0.2, -0.15) is 8.78 Å². The Hall–Kier alpha value is -2.16. The van der Waals surface area contributed by atoms with Gasteiger partial charge in [0.2, 0.25) is 0 Å². The van der Waals surface area contributed by atoms with E-state index in [1.165, 1.54) is 24.3 Å². The molecule has 0 spiro atoms. The maximum atomic E-state index is 12.4. The van der Waals surface area contributed by atoms with Crippen LogP contribution in [-0.4, -0.2) is 36.3 Å². The van der Waals surface area contributed by atoms with Crippen LogP contribution in [0.3, 0.4) is 0 Å². The van der Waals surface area contributed by atoms with Gasteiger partial charge in [-0.05, 0) is 26.0 Å². The summed E-state index contributed by atoms with van der Waals surface area (Å²) in [6.07, 6.45) is 0. The number of thioether (sulfide) groups is 1. The lowest BCUT2D eigenvalue weighted by Gasteiger charge is -2.10. The molecular formula is C14H16F2N2O4S. The molecule has 0 radical (unpaired) electrons. The van der Waals surface area contributed by atoms with E-state index in [1.807, 2.05) is 5.32 Å². The molecule has 1 aromatic carbocycles. The van der Waals surface area contributed by atoms with E-state index in [0.717, 1.165) is 0 Å². The average Bonchev–Trinajstić information content (AvgIpc) is 2.43. The third kappa shape index (κ3) is 7.09. The summed E-state index contributed by atoms with van der Waals surface area (Å²) >= 11 is 0.206. The van der Waals surface area contributed by atoms with Crippen molar-refractivity contribution in [2.24, 2.45) is 0 Å². The molecule has 0 unspecified atom stereocenters. The zero-order valence-corrected chi connectivity index (χ0v) is 13.3. The van der Waals surface area contributed by atoms with Crippen LogP contribution >= 0.6 is 11.8 Å². The highest BCUT2D eigenvalue weighted by atomic mass is 32.2. The van der Waals surface area contributed by atoms with Crippen molar-refractivity contribution in [3.8, 4) is 0 Å². The smallest absolute Gasteiger partial charge is 0.339 e. The maximum absolute atomic E-state index is 12.4. The zero-order valence-electron chi connectivity index (χ0n) is 12.5. The summed E-state index contributed by atoms with van der Waals surface area (Å²) in [6, 6.07) is 4.78. The summed E-state index contributed by atoms with van der Waals surface area (Å²) in [5.41, 5.74) is -0.0720. The minimum Gasteiger partial charge on any atom is -0.452 e. The Morgan fingerprint density at radius 3 is 2.48 bits per heavy atom. The van der Waals surface area contributed by atoms with Crippen LogP contribution in [0, 0.1) is 0 Å². The van der Waals surface area contributed by atoms with Gasteiger partial charge in [-0.3, -0.25) is 10.1 Å². The molecule has 0 fully saturated rings. The first-order valence-electron chi connectivity index (χ1n) is 6.61. The second kappa shape index (κ2) is 9.09. The standard InChI is InChI=1S/C14H16F2N2O4S/c1-8(2)17-14(21)18-11(19)7-22-12(20)9-5-3-4-6-10(9)23-13(15)16/h3-6,8,13H,7H2,1-2H3,(H2,17,18,19,21). The number of alkyl halides is 2. The average molecular weight is 346 g/mol. The van der Waals surface area contributed by atoms with Crippen molar-refractivity contribution in [2.75, 3.05) is 6.61 Å². The molecule has 0 saturated carbocycles. The number of imide groups is 1. The van der Waals surface area contributed by atoms with Gasteiger partial charge in [0.05, 0.1) is 5.56 Å². The number of nitrogens with one attached hydrogen (secondary N) is 2. The minimum absolute atomic E-state index is 0.0467. The van der Waals surface area contributed by atoms with Crippen molar-refractivity contribution < 1.29 is 27.9 Å². The molecule has 0 heterocycles. The molecule has 1 rings (SSSR count). The number of carbonyl (C=O) groups is 3. The number of urea groups is 1. The van der Waals surface area contributed by atoms with Gasteiger partial charge < -0.3 is 10.1 Å². The molecule has 0 aliphatic heterocycles. The topological polar surface area (TPSA) is 84.5 Å². The first-order chi connectivity index (χ1) is 10.8. The summed E-state index contributed by atoms with van der Waals surface area (Å²) in [7, 11) is 0. The maximum Gasteiger partial charge on any atom is 0.339 e. The predicted molar refractivity (Wildman–Crippen MR) is 80.4 cm³/mol. The van der Waals surface area contributed by atoms with E-state index in [9.17, 15) is 23.2 Å². The lowest BCUT2D eigenvalue weighted by Crippen LogP contribution is -2.44. The fraction of sp³-hybridized carbons (Fsp3) is 0.357. The molecule has 0 aliphatic carbocycles. The summed E-state index contributed by atoms with van der Waals surface area (Å²) in [4.78, 5) is 34.6. The van der Waals surface area contributed by atoms with E-state index < -0.39 is 30.3 Å². The molecule has 0 aliphatic rings. The number of carbonyl (C=O) groups excluding carboxylic acids is 3. The molecule has 0 saturated heterocycles. The van der Waals surface area contributed by atoms with Gasteiger partial charge in [0.1, 0.15) is 0 Å². The number of hydrogen-bond donors (Lipinski definition) is 2. The Bertz CT molecular complexity index is 582. The van der Waals surface area contributed by atoms with Crippen LogP contribution in [0.5, 0.6) is 0 Å². The number of benzene rings is 1. The van der Waals surface area contributed by atoms with Crippen LogP contribution in [0.25, 0.3) is 0 Å². The molecule has 0 bridgehead atoms. The first-order valence-corrected chi connectivity index (χ1v) is 7.49. The summed E-state index contributed by atoms with van der Waals surface area (Å²) in [5.74, 6) is -4.43. The van der Waals surface area contributed by atoms with E-state index in [4.69, 9.17) is 4.74 Å². The molecule has 3 amide bonds. The van der Waals surface area contributed by atoms with E-state index in [1.54, 1.807) is 13.8 Å². The molecule has 1 aromatic rings. The molecule has 2 N–H and O–H groups in total. The third-order valence-electron chi connectivity index (χ3n) is 2.33. The predicted octanol–water partition coefficient (Wildman–Crippen LogP) is 2.39. The summed E-state index contributed by atoms with van der Waals surface area (Å²) in [5, 5.41) is 4.40. The van der Waals surface area contributed by atoms with Crippen LogP contribution in [0.4, 0.5) is 13.6 Å². The number of rotatable bonds is 6. The summed E-state index contributed by atoms with van der Waals surface area (Å²) < 4.78 is 29.6. The first kappa shape index (κ1) is 18.9. The fourth-order valence-corrected chi connectivity index (χ4v) is 2.13. The van der Waals surface area contributed by atoms with Crippen molar-refractivity contribution in [1.82, 2.24) is 10.6 Å². The number of halogens is 2. The summed E-state index contributed by atoms with van der Waals surface area (Å²) in [6.45, 7) is 2.72. The van der Waals surface area contributed by atoms with Crippen molar-refractivity contribution in [3.05, 3.63) is 29.8 Å². The second-order valence-corrected chi connectivity index (χ2v) is 5.66. The number of hydrogen-bond acceptors (Lipinski definition) is 5. The Balaban J connectivity index is 2.57. The lowest BCUT2D eigenvalue weighted by molar-refractivity contribution is -0.123. The minimum atomic E-state index is -2.69. The number of amides is 3. The van der Waals surface area contributed by atoms with E-state index in [2.05, 4.69) is 5.32 Å². The van der Waals surface area contributed by atoms with Crippen LogP contribution < -0.4 is 10.6 Å². The highest BCUT2D eigenvalue weighted by Crippen LogP contribution is 2.28. The van der Waals surface area contributed by atoms with Gasteiger partial charge >= 0.3 is 12.0 Å². The Morgan fingerprint density at radius 1 is 1.22 bits per heavy atom. The van der Waals surface area contributed by atoms with Gasteiger partial charge in [0, 0.05) is 10.9 Å². The van der Waals surface area contributed by atoms with Crippen molar-refractivity contribution >= 4 is 29.7 Å². The SMILES string of the molecule is CC(C)NC(=O)NC(=O)COC(=O)c1ccccc1SC(F)F. The van der Waals surface area contributed by atoms with Crippen molar-refractivity contribution in [3.63, 3.8) is 0 Å². The highest BCUT2D eigenvalue weighted by molar-refractivity contribution is 7.99. The molecule has 0 aromatic heterocycles. The Kier molecular flexibility index (Phi) is 7.46. The fourth-order valence-electron chi connectivity index (χ4n) is 1.50. The van der Waals surface area contributed by atoms with Gasteiger partial charge in [-0.15, -0.1) is 0 Å². The van der Waals surface area contributed by atoms with E-state index in [0.29, 0.717) is 0 Å². The monoisotopic (exact) mass is 346 g/mol. The van der Waals surface area contributed by atoms with E-state index >= 15 is 0 Å². The molecule has 0 atom stereocenters. The van der Waals surface area contributed by atoms with Crippen molar-refractivity contribution in [2.45, 2.75) is 30.5 Å². The number of esters is 1. The van der Waals surface area contributed by atoms with Crippen LogP contribution in [-0.2, 0) is 9.53 Å². The molecular weight excluding hydrogens is 330 g/mol. The largest absolute Gasteiger partial charge is 0.452 e. The normalized spacial score (nSPS) is 10.5. The zero-order chi connectivity index (χ0) is 17.4. The highest BCUT2D eigenvalue weighted by Gasteiger charge is 2.18. The van der Waals surface area contributed by atoms with Crippen LogP contribution in [0.15, 0.2) is 29.2 Å². The Labute approximate surface area is 136 Å². The molecule has 6 nitrogen and oxygen atoms in total. The van der Waals surface area contributed by atoms with Gasteiger partial charge in [-0.25, -0.2) is 9.59 Å². The quantitative estimate of drug-likeness (QED) is 0.610. The Morgan fingerprint density at radius 2 is 1.87 bits per heavy atom. The third-order valence-corrected chi connectivity index (χ3v) is 3.12. The molecule has 23 heavy (non-hydrogen) atoms. The number of ether oxygens (including phenoxy) is 1. The van der Waals surface area contributed by atoms with Gasteiger partial charge in [0.25, 0.3) is 11.7 Å². The van der Waals surface area contributed by atoms with E-state index in [-0.39, 0.29) is 28.3 Å². The van der Waals surface area contributed by atoms with Crippen molar-refractivity contribution in [1.29, 1.82) is 0 Å². The lowest BCUT2D eigenvalue weighted by atomic mass is 10.2. The second-order valence-electron chi connectivity index (χ2n) is 4.63. The van der Waals surface area contributed by atoms with Gasteiger partial charge in [0.15, 0.2) is 6.61 Å². The van der Waals surface area contributed by atoms with Gasteiger partial charge in [-0.1, -0.05) is 23.9 Å².